The Morgan fingerprint density at radius 2 is 2.05 bits per heavy atom. The molecule has 0 bridgehead atoms. The summed E-state index contributed by atoms with van der Waals surface area (Å²) in [6.45, 7) is 3.18. The van der Waals surface area contributed by atoms with Gasteiger partial charge in [0.1, 0.15) is 5.82 Å². The van der Waals surface area contributed by atoms with Crippen LogP contribution >= 0.6 is 11.8 Å². The lowest BCUT2D eigenvalue weighted by Crippen LogP contribution is -2.36. The molecule has 1 aromatic carbocycles. The summed E-state index contributed by atoms with van der Waals surface area (Å²) in [5.74, 6) is 2.02. The Kier molecular flexibility index (Phi) is 5.66. The SMILES string of the molecule is O=C(CCN1CCSCC1)NCc1ccccc1F. The molecule has 0 atom stereocenters. The first-order valence-electron chi connectivity index (χ1n) is 6.56. The highest BCUT2D eigenvalue weighted by molar-refractivity contribution is 7.99. The molecule has 1 aromatic rings. The number of benzene rings is 1. The van der Waals surface area contributed by atoms with E-state index < -0.39 is 0 Å². The monoisotopic (exact) mass is 282 g/mol. The molecule has 0 aromatic heterocycles. The molecule has 0 saturated carbocycles. The lowest BCUT2D eigenvalue weighted by atomic mass is 10.2. The van der Waals surface area contributed by atoms with Gasteiger partial charge in [0.15, 0.2) is 0 Å². The number of carbonyl (C=O) groups excluding carboxylic acids is 1. The maximum absolute atomic E-state index is 13.4. The van der Waals surface area contributed by atoms with Gasteiger partial charge in [0.2, 0.25) is 5.91 Å². The summed E-state index contributed by atoms with van der Waals surface area (Å²) in [5.41, 5.74) is 0.533. The van der Waals surface area contributed by atoms with Gasteiger partial charge in [-0.1, -0.05) is 18.2 Å². The van der Waals surface area contributed by atoms with Crippen molar-refractivity contribution in [2.45, 2.75) is 13.0 Å². The van der Waals surface area contributed by atoms with Gasteiger partial charge in [0.05, 0.1) is 0 Å². The molecule has 0 spiro atoms. The zero-order valence-corrected chi connectivity index (χ0v) is 11.7. The predicted molar refractivity (Wildman–Crippen MR) is 76.6 cm³/mol. The third kappa shape index (κ3) is 4.84. The van der Waals surface area contributed by atoms with Crippen LogP contribution in [-0.2, 0) is 11.3 Å². The van der Waals surface area contributed by atoms with E-state index >= 15 is 0 Å². The zero-order chi connectivity index (χ0) is 13.5. The number of hydrogen-bond acceptors (Lipinski definition) is 3. The maximum atomic E-state index is 13.4. The molecule has 1 aliphatic heterocycles. The molecular formula is C14H19FN2OS. The Labute approximate surface area is 117 Å². The minimum Gasteiger partial charge on any atom is -0.352 e. The number of carbonyl (C=O) groups is 1. The molecule has 1 aliphatic rings. The van der Waals surface area contributed by atoms with E-state index in [0.717, 1.165) is 31.1 Å². The van der Waals surface area contributed by atoms with Gasteiger partial charge in [0.25, 0.3) is 0 Å². The fourth-order valence-electron chi connectivity index (χ4n) is 2.01. The fourth-order valence-corrected chi connectivity index (χ4v) is 2.99. The van der Waals surface area contributed by atoms with Crippen molar-refractivity contribution < 1.29 is 9.18 Å². The molecule has 3 nitrogen and oxygen atoms in total. The van der Waals surface area contributed by atoms with Gasteiger partial charge in [-0.3, -0.25) is 4.79 Å². The summed E-state index contributed by atoms with van der Waals surface area (Å²) < 4.78 is 13.4. The molecule has 104 valence electrons. The molecule has 0 radical (unpaired) electrons. The van der Waals surface area contributed by atoms with Crippen LogP contribution in [0.5, 0.6) is 0 Å². The second-order valence-electron chi connectivity index (χ2n) is 4.57. The number of nitrogens with zero attached hydrogens (tertiary/aromatic N) is 1. The van der Waals surface area contributed by atoms with Crippen LogP contribution in [0.4, 0.5) is 4.39 Å². The molecule has 1 saturated heterocycles. The first kappa shape index (κ1) is 14.3. The van der Waals surface area contributed by atoms with E-state index in [2.05, 4.69) is 10.2 Å². The van der Waals surface area contributed by atoms with Crippen molar-refractivity contribution >= 4 is 17.7 Å². The molecule has 0 unspecified atom stereocenters. The summed E-state index contributed by atoms with van der Waals surface area (Å²) in [7, 11) is 0. The van der Waals surface area contributed by atoms with Crippen molar-refractivity contribution in [2.24, 2.45) is 0 Å². The molecule has 1 amide bonds. The van der Waals surface area contributed by atoms with Gasteiger partial charge in [-0.25, -0.2) is 4.39 Å². The number of thioether (sulfide) groups is 1. The number of nitrogens with one attached hydrogen (secondary N) is 1. The smallest absolute Gasteiger partial charge is 0.221 e. The van der Waals surface area contributed by atoms with E-state index in [0.29, 0.717) is 12.0 Å². The number of amides is 1. The first-order chi connectivity index (χ1) is 9.25. The van der Waals surface area contributed by atoms with E-state index in [-0.39, 0.29) is 18.3 Å². The lowest BCUT2D eigenvalue weighted by molar-refractivity contribution is -0.121. The highest BCUT2D eigenvalue weighted by Gasteiger charge is 2.12. The van der Waals surface area contributed by atoms with Crippen molar-refractivity contribution in [3.8, 4) is 0 Å². The summed E-state index contributed by atoms with van der Waals surface area (Å²) in [5, 5.41) is 2.77. The number of hydrogen-bond donors (Lipinski definition) is 1. The fraction of sp³-hybridized carbons (Fsp3) is 0.500. The van der Waals surface area contributed by atoms with E-state index in [1.54, 1.807) is 18.2 Å². The van der Waals surface area contributed by atoms with E-state index in [1.807, 2.05) is 11.8 Å². The van der Waals surface area contributed by atoms with Crippen LogP contribution < -0.4 is 5.32 Å². The first-order valence-corrected chi connectivity index (χ1v) is 7.71. The normalized spacial score (nSPS) is 16.3. The quantitative estimate of drug-likeness (QED) is 0.895. The largest absolute Gasteiger partial charge is 0.352 e. The van der Waals surface area contributed by atoms with Gasteiger partial charge in [-0.2, -0.15) is 11.8 Å². The standard InChI is InChI=1S/C14H19FN2OS/c15-13-4-2-1-3-12(13)11-16-14(18)5-6-17-7-9-19-10-8-17/h1-4H,5-11H2,(H,16,18). The molecule has 19 heavy (non-hydrogen) atoms. The van der Waals surface area contributed by atoms with Crippen LogP contribution in [0.25, 0.3) is 0 Å². The molecule has 1 fully saturated rings. The van der Waals surface area contributed by atoms with Gasteiger partial charge >= 0.3 is 0 Å². The number of rotatable bonds is 5. The van der Waals surface area contributed by atoms with Crippen LogP contribution in [0, 0.1) is 5.82 Å². The summed E-state index contributed by atoms with van der Waals surface area (Å²) in [6.07, 6.45) is 0.485. The average molecular weight is 282 g/mol. The average Bonchev–Trinajstić information content (AvgIpc) is 2.45. The summed E-state index contributed by atoms with van der Waals surface area (Å²) in [6, 6.07) is 6.52. The molecule has 5 heteroatoms. The Morgan fingerprint density at radius 3 is 2.79 bits per heavy atom. The highest BCUT2D eigenvalue weighted by Crippen LogP contribution is 2.09. The highest BCUT2D eigenvalue weighted by atomic mass is 32.2. The van der Waals surface area contributed by atoms with Crippen molar-refractivity contribution in [3.05, 3.63) is 35.6 Å². The topological polar surface area (TPSA) is 32.3 Å². The molecule has 1 heterocycles. The van der Waals surface area contributed by atoms with Crippen molar-refractivity contribution in [3.63, 3.8) is 0 Å². The third-order valence-corrected chi connectivity index (χ3v) is 4.14. The Bertz CT molecular complexity index is 422. The van der Waals surface area contributed by atoms with Gasteiger partial charge in [-0.15, -0.1) is 0 Å². The maximum Gasteiger partial charge on any atom is 0.221 e. The molecular weight excluding hydrogens is 263 g/mol. The van der Waals surface area contributed by atoms with Crippen LogP contribution in [0.1, 0.15) is 12.0 Å². The predicted octanol–water partition coefficient (Wildman–Crippen LogP) is 1.88. The second kappa shape index (κ2) is 7.50. The summed E-state index contributed by atoms with van der Waals surface area (Å²) in [4.78, 5) is 14.0. The molecule has 0 aliphatic carbocycles. The minimum absolute atomic E-state index is 0.0125. The Balaban J connectivity index is 1.68. The van der Waals surface area contributed by atoms with Crippen molar-refractivity contribution in [1.82, 2.24) is 10.2 Å². The van der Waals surface area contributed by atoms with Gasteiger partial charge < -0.3 is 10.2 Å². The van der Waals surface area contributed by atoms with Crippen LogP contribution in [0.2, 0.25) is 0 Å². The molecule has 1 N–H and O–H groups in total. The van der Waals surface area contributed by atoms with Crippen LogP contribution in [0.15, 0.2) is 24.3 Å². The summed E-state index contributed by atoms with van der Waals surface area (Å²) >= 11 is 1.96. The second-order valence-corrected chi connectivity index (χ2v) is 5.80. The van der Waals surface area contributed by atoms with Crippen LogP contribution in [0.3, 0.4) is 0 Å². The lowest BCUT2D eigenvalue weighted by Gasteiger charge is -2.25. The molecule has 2 rings (SSSR count). The zero-order valence-electron chi connectivity index (χ0n) is 10.9. The van der Waals surface area contributed by atoms with E-state index in [4.69, 9.17) is 0 Å². The van der Waals surface area contributed by atoms with E-state index in [9.17, 15) is 9.18 Å². The number of halogens is 1. The minimum atomic E-state index is -0.268. The van der Waals surface area contributed by atoms with Crippen LogP contribution in [-0.4, -0.2) is 41.9 Å². The third-order valence-electron chi connectivity index (χ3n) is 3.19. The van der Waals surface area contributed by atoms with Crippen molar-refractivity contribution in [2.75, 3.05) is 31.1 Å². The van der Waals surface area contributed by atoms with E-state index in [1.165, 1.54) is 6.07 Å². The van der Waals surface area contributed by atoms with Crippen molar-refractivity contribution in [1.29, 1.82) is 0 Å². The Morgan fingerprint density at radius 1 is 1.32 bits per heavy atom. The Hall–Kier alpha value is -1.07. The van der Waals surface area contributed by atoms with Gasteiger partial charge in [0, 0.05) is 49.7 Å². The van der Waals surface area contributed by atoms with Gasteiger partial charge in [-0.05, 0) is 6.07 Å².